The van der Waals surface area contributed by atoms with Gasteiger partial charge in [0.2, 0.25) is 0 Å². The first-order valence-corrected chi connectivity index (χ1v) is 10.9. The molecule has 1 saturated carbocycles. The molecule has 0 aliphatic heterocycles. The Hall–Kier alpha value is -1.50. The van der Waals surface area contributed by atoms with Gasteiger partial charge >= 0.3 is 6.09 Å². The Morgan fingerprint density at radius 3 is 2.21 bits per heavy atom. The Morgan fingerprint density at radius 2 is 1.71 bits per heavy atom. The maximum Gasteiger partial charge on any atom is 0.407 e. The van der Waals surface area contributed by atoms with Crippen molar-refractivity contribution in [1.82, 2.24) is 16.0 Å². The molecule has 1 aliphatic carbocycles. The lowest BCUT2D eigenvalue weighted by atomic mass is 9.91. The van der Waals surface area contributed by atoms with E-state index in [1.807, 2.05) is 20.8 Å². The Labute approximate surface area is 171 Å². The lowest BCUT2D eigenvalue weighted by molar-refractivity contribution is 0.0490. The first-order chi connectivity index (χ1) is 13.3. The summed E-state index contributed by atoms with van der Waals surface area (Å²) in [6.07, 6.45) is 6.50. The molecule has 1 rings (SSSR count). The molecule has 7 heteroatoms. The smallest absolute Gasteiger partial charge is 0.407 e. The highest BCUT2D eigenvalue weighted by Gasteiger charge is 2.25. The monoisotopic (exact) mass is 398 g/mol. The van der Waals surface area contributed by atoms with Crippen LogP contribution < -0.4 is 16.0 Å². The van der Waals surface area contributed by atoms with Gasteiger partial charge in [-0.2, -0.15) is 0 Å². The van der Waals surface area contributed by atoms with Crippen LogP contribution in [0.15, 0.2) is 4.99 Å². The van der Waals surface area contributed by atoms with Crippen LogP contribution in [-0.4, -0.2) is 54.5 Å². The number of nitrogens with zero attached hydrogens (tertiary/aromatic N) is 1. The number of alkyl carbamates (subject to hydrolysis) is 1. The summed E-state index contributed by atoms with van der Waals surface area (Å²) in [6, 6.07) is 0.530. The van der Waals surface area contributed by atoms with Crippen molar-refractivity contribution in [2.75, 3.05) is 19.7 Å². The Morgan fingerprint density at radius 1 is 1.11 bits per heavy atom. The number of aliphatic hydroxyl groups is 1. The van der Waals surface area contributed by atoms with E-state index in [-0.39, 0.29) is 18.7 Å². The van der Waals surface area contributed by atoms with E-state index in [9.17, 15) is 9.90 Å². The van der Waals surface area contributed by atoms with E-state index in [0.717, 1.165) is 64.0 Å². The van der Waals surface area contributed by atoms with Crippen molar-refractivity contribution < 1.29 is 14.6 Å². The van der Waals surface area contributed by atoms with Gasteiger partial charge in [0.25, 0.3) is 0 Å². The third-order valence-corrected chi connectivity index (χ3v) is 4.87. The van der Waals surface area contributed by atoms with Gasteiger partial charge in [0.05, 0.1) is 0 Å². The van der Waals surface area contributed by atoms with Crippen LogP contribution in [0, 0.1) is 5.92 Å². The molecule has 0 bridgehead atoms. The van der Waals surface area contributed by atoms with Crippen molar-refractivity contribution in [3.8, 4) is 0 Å². The molecule has 1 aliphatic rings. The topological polar surface area (TPSA) is 95.0 Å². The maximum absolute atomic E-state index is 11.9. The summed E-state index contributed by atoms with van der Waals surface area (Å²) in [5.74, 6) is 1.28. The fourth-order valence-electron chi connectivity index (χ4n) is 3.51. The van der Waals surface area contributed by atoms with Crippen molar-refractivity contribution in [3.05, 3.63) is 0 Å². The minimum Gasteiger partial charge on any atom is -0.444 e. The molecule has 4 N–H and O–H groups in total. The largest absolute Gasteiger partial charge is 0.444 e. The molecule has 0 heterocycles. The summed E-state index contributed by atoms with van der Waals surface area (Å²) >= 11 is 0. The minimum absolute atomic E-state index is 0.172. The van der Waals surface area contributed by atoms with Gasteiger partial charge in [-0.3, -0.25) is 4.99 Å². The molecule has 1 amide bonds. The van der Waals surface area contributed by atoms with Gasteiger partial charge in [0.1, 0.15) is 5.60 Å². The number of ether oxygens (including phenoxy) is 1. The molecule has 0 spiro atoms. The first kappa shape index (κ1) is 24.5. The third kappa shape index (κ3) is 10.7. The summed E-state index contributed by atoms with van der Waals surface area (Å²) in [7, 11) is 0. The molecule has 0 aromatic heterocycles. The average molecular weight is 399 g/mol. The Kier molecular flexibility index (Phi) is 11.3. The Balaban J connectivity index is 2.46. The molecular formula is C21H42N4O3. The average Bonchev–Trinajstić information content (AvgIpc) is 2.60. The molecule has 0 saturated heterocycles. The predicted molar refractivity (Wildman–Crippen MR) is 115 cm³/mol. The number of amides is 1. The summed E-state index contributed by atoms with van der Waals surface area (Å²) in [5, 5.41) is 19.1. The van der Waals surface area contributed by atoms with Crippen molar-refractivity contribution in [2.45, 2.75) is 97.2 Å². The van der Waals surface area contributed by atoms with E-state index < -0.39 is 5.60 Å². The highest BCUT2D eigenvalue weighted by atomic mass is 16.6. The van der Waals surface area contributed by atoms with Gasteiger partial charge in [-0.05, 0) is 72.1 Å². The van der Waals surface area contributed by atoms with E-state index in [0.29, 0.717) is 12.0 Å². The molecule has 7 nitrogen and oxygen atoms in total. The van der Waals surface area contributed by atoms with Crippen LogP contribution in [0.1, 0.15) is 79.6 Å². The predicted octanol–water partition coefficient (Wildman–Crippen LogP) is 3.18. The molecule has 164 valence electrons. The van der Waals surface area contributed by atoms with Crippen molar-refractivity contribution in [2.24, 2.45) is 10.9 Å². The van der Waals surface area contributed by atoms with Crippen molar-refractivity contribution in [1.29, 1.82) is 0 Å². The number of hydrogen-bond donors (Lipinski definition) is 4. The fraction of sp³-hybridized carbons (Fsp3) is 0.905. The van der Waals surface area contributed by atoms with Crippen molar-refractivity contribution >= 4 is 12.1 Å². The summed E-state index contributed by atoms with van der Waals surface area (Å²) in [4.78, 5) is 16.7. The van der Waals surface area contributed by atoms with Crippen molar-refractivity contribution in [3.63, 3.8) is 0 Å². The van der Waals surface area contributed by atoms with E-state index in [1.165, 1.54) is 0 Å². The fourth-order valence-corrected chi connectivity index (χ4v) is 3.51. The lowest BCUT2D eigenvalue weighted by Gasteiger charge is -2.31. The zero-order valence-electron chi connectivity index (χ0n) is 18.5. The minimum atomic E-state index is -0.467. The van der Waals surface area contributed by atoms with Crippen LogP contribution >= 0.6 is 0 Å². The van der Waals surface area contributed by atoms with Crippen LogP contribution in [0.5, 0.6) is 0 Å². The number of hydrogen-bond acceptors (Lipinski definition) is 4. The summed E-state index contributed by atoms with van der Waals surface area (Å²) in [6.45, 7) is 11.6. The zero-order valence-corrected chi connectivity index (χ0v) is 18.5. The van der Waals surface area contributed by atoms with Gasteiger partial charge in [0.15, 0.2) is 5.96 Å². The first-order valence-electron chi connectivity index (χ1n) is 10.9. The number of aliphatic hydroxyl groups excluding tert-OH is 1. The summed E-state index contributed by atoms with van der Waals surface area (Å²) < 4.78 is 5.35. The van der Waals surface area contributed by atoms with E-state index >= 15 is 0 Å². The number of rotatable bonds is 9. The Bertz CT molecular complexity index is 463. The van der Waals surface area contributed by atoms with E-state index in [1.54, 1.807) is 0 Å². The molecule has 28 heavy (non-hydrogen) atoms. The normalized spacial score (nSPS) is 21.7. The van der Waals surface area contributed by atoms with Crippen LogP contribution in [0.4, 0.5) is 4.79 Å². The SMILES string of the molecule is CCCC(CCO)CN=C(NCC)NC1CCC(NC(=O)OC(C)(C)C)CC1. The van der Waals surface area contributed by atoms with Gasteiger partial charge in [-0.15, -0.1) is 0 Å². The lowest BCUT2D eigenvalue weighted by Crippen LogP contribution is -2.48. The van der Waals surface area contributed by atoms with Gasteiger partial charge in [0, 0.05) is 31.8 Å². The maximum atomic E-state index is 11.9. The highest BCUT2D eigenvalue weighted by Crippen LogP contribution is 2.19. The van der Waals surface area contributed by atoms with E-state index in [4.69, 9.17) is 9.73 Å². The molecular weight excluding hydrogens is 356 g/mol. The second-order valence-electron chi connectivity index (χ2n) is 8.73. The highest BCUT2D eigenvalue weighted by molar-refractivity contribution is 5.80. The summed E-state index contributed by atoms with van der Waals surface area (Å²) in [5.41, 5.74) is -0.467. The quantitative estimate of drug-likeness (QED) is 0.353. The number of carbonyl (C=O) groups excluding carboxylic acids is 1. The zero-order chi connectivity index (χ0) is 21.0. The van der Waals surface area contributed by atoms with Gasteiger partial charge in [-0.25, -0.2) is 4.79 Å². The van der Waals surface area contributed by atoms with Crippen LogP contribution in [0.2, 0.25) is 0 Å². The molecule has 1 atom stereocenters. The van der Waals surface area contributed by atoms with Crippen LogP contribution in [0.25, 0.3) is 0 Å². The number of guanidine groups is 1. The van der Waals surface area contributed by atoms with Gasteiger partial charge in [-0.1, -0.05) is 13.3 Å². The third-order valence-electron chi connectivity index (χ3n) is 4.87. The van der Waals surface area contributed by atoms with Crippen LogP contribution in [0.3, 0.4) is 0 Å². The van der Waals surface area contributed by atoms with Crippen LogP contribution in [-0.2, 0) is 4.74 Å². The van der Waals surface area contributed by atoms with Gasteiger partial charge < -0.3 is 25.8 Å². The standard InChI is InChI=1S/C21H42N4O3/c1-6-8-16(13-14-26)15-23-19(22-7-2)24-17-9-11-18(12-10-17)25-20(27)28-21(3,4)5/h16-18,26H,6-15H2,1-5H3,(H,25,27)(H2,22,23,24). The number of carbonyl (C=O) groups is 1. The number of aliphatic imine (C=N–C) groups is 1. The second-order valence-corrected chi connectivity index (χ2v) is 8.73. The molecule has 0 radical (unpaired) electrons. The molecule has 0 aromatic rings. The second kappa shape index (κ2) is 12.9. The van der Waals surface area contributed by atoms with E-state index in [2.05, 4.69) is 29.8 Å². The number of nitrogens with one attached hydrogen (secondary N) is 3. The molecule has 1 unspecified atom stereocenters. The molecule has 0 aromatic carbocycles. The molecule has 1 fully saturated rings.